The second kappa shape index (κ2) is 9.10. The highest BCUT2D eigenvalue weighted by atomic mass is 19.1. The van der Waals surface area contributed by atoms with E-state index in [1.807, 2.05) is 44.4 Å². The monoisotopic (exact) mass is 497 g/mol. The van der Waals surface area contributed by atoms with Gasteiger partial charge in [0.25, 0.3) is 0 Å². The van der Waals surface area contributed by atoms with Crippen molar-refractivity contribution in [2.45, 2.75) is 0 Å². The lowest BCUT2D eigenvalue weighted by Gasteiger charge is -2.12. The molecule has 37 heavy (non-hydrogen) atoms. The number of aromatic nitrogens is 8. The molecule has 6 rings (SSSR count). The minimum Gasteiger partial charge on any atom is -0.492 e. The van der Waals surface area contributed by atoms with Crippen molar-refractivity contribution in [1.29, 1.82) is 0 Å². The Hall–Kier alpha value is -4.64. The first-order valence-corrected chi connectivity index (χ1v) is 11.7. The van der Waals surface area contributed by atoms with E-state index >= 15 is 0 Å². The molecule has 0 unspecified atom stereocenters. The van der Waals surface area contributed by atoms with Gasteiger partial charge in [-0.2, -0.15) is 10.2 Å². The minimum atomic E-state index is -0.404. The van der Waals surface area contributed by atoms with Crippen molar-refractivity contribution in [3.63, 3.8) is 0 Å². The van der Waals surface area contributed by atoms with Gasteiger partial charge in [0, 0.05) is 54.9 Å². The number of hydrogen-bond donors (Lipinski definition) is 2. The number of ether oxygens (including phenoxy) is 1. The third-order valence-corrected chi connectivity index (χ3v) is 6.03. The SMILES string of the molecule is CN(C)CCOc1cc(F)cc(-c2nccc3[nH]c(-c4n[nH]c5ncc(-c6cnn(C)c6)cc45)nc23)c1. The molecule has 0 amide bonds. The quantitative estimate of drug-likeness (QED) is 0.342. The highest BCUT2D eigenvalue weighted by Gasteiger charge is 2.18. The lowest BCUT2D eigenvalue weighted by Crippen LogP contribution is -2.19. The molecule has 0 aliphatic carbocycles. The van der Waals surface area contributed by atoms with Gasteiger partial charge in [-0.3, -0.25) is 14.8 Å². The summed E-state index contributed by atoms with van der Waals surface area (Å²) in [6, 6.07) is 8.43. The van der Waals surface area contributed by atoms with Crippen LogP contribution in [0.4, 0.5) is 4.39 Å². The summed E-state index contributed by atoms with van der Waals surface area (Å²) in [5, 5.41) is 12.5. The predicted octanol–water partition coefficient (Wildman–Crippen LogP) is 4.04. The molecule has 0 fully saturated rings. The number of aryl methyl sites for hydroxylation is 1. The average molecular weight is 498 g/mol. The number of nitrogens with one attached hydrogen (secondary N) is 2. The first kappa shape index (κ1) is 22.8. The van der Waals surface area contributed by atoms with Crippen LogP contribution >= 0.6 is 0 Å². The Labute approximate surface area is 211 Å². The Kier molecular flexibility index (Phi) is 5.61. The van der Waals surface area contributed by atoms with Crippen LogP contribution in [0.2, 0.25) is 0 Å². The maximum atomic E-state index is 14.5. The normalized spacial score (nSPS) is 11.7. The first-order chi connectivity index (χ1) is 17.9. The summed E-state index contributed by atoms with van der Waals surface area (Å²) in [7, 11) is 5.78. The molecule has 5 heterocycles. The van der Waals surface area contributed by atoms with Crippen LogP contribution in [0.3, 0.4) is 0 Å². The lowest BCUT2D eigenvalue weighted by molar-refractivity contribution is 0.260. The van der Waals surface area contributed by atoms with E-state index in [0.29, 0.717) is 46.3 Å². The second-order valence-corrected chi connectivity index (χ2v) is 9.06. The molecule has 0 aliphatic heterocycles. The maximum absolute atomic E-state index is 14.5. The molecular weight excluding hydrogens is 473 g/mol. The molecule has 0 radical (unpaired) electrons. The van der Waals surface area contributed by atoms with Gasteiger partial charge in [0.2, 0.25) is 0 Å². The number of halogens is 1. The first-order valence-electron chi connectivity index (χ1n) is 11.7. The van der Waals surface area contributed by atoms with E-state index < -0.39 is 5.82 Å². The molecule has 11 heteroatoms. The van der Waals surface area contributed by atoms with E-state index in [2.05, 4.69) is 30.2 Å². The van der Waals surface area contributed by atoms with Crippen molar-refractivity contribution in [3.05, 3.63) is 60.9 Å². The molecule has 0 aliphatic rings. The summed E-state index contributed by atoms with van der Waals surface area (Å²) < 4.78 is 22.0. The average Bonchev–Trinajstić information content (AvgIpc) is 3.60. The number of rotatable bonds is 7. The van der Waals surface area contributed by atoms with Crippen LogP contribution in [0, 0.1) is 5.82 Å². The third kappa shape index (κ3) is 4.40. The molecule has 0 saturated carbocycles. The van der Waals surface area contributed by atoms with Crippen molar-refractivity contribution in [2.24, 2.45) is 7.05 Å². The van der Waals surface area contributed by atoms with Gasteiger partial charge in [-0.15, -0.1) is 0 Å². The number of fused-ring (bicyclic) bond motifs is 2. The molecule has 186 valence electrons. The predicted molar refractivity (Wildman–Crippen MR) is 138 cm³/mol. The molecule has 0 saturated heterocycles. The zero-order valence-corrected chi connectivity index (χ0v) is 20.5. The van der Waals surface area contributed by atoms with E-state index in [-0.39, 0.29) is 0 Å². The van der Waals surface area contributed by atoms with Crippen molar-refractivity contribution in [3.8, 4) is 39.7 Å². The van der Waals surface area contributed by atoms with Crippen molar-refractivity contribution in [1.82, 2.24) is 44.8 Å². The largest absolute Gasteiger partial charge is 0.492 e. The van der Waals surface area contributed by atoms with Gasteiger partial charge in [-0.1, -0.05) is 0 Å². The Bertz CT molecular complexity index is 1730. The summed E-state index contributed by atoms with van der Waals surface area (Å²) in [5.74, 6) is 0.595. The zero-order chi connectivity index (χ0) is 25.5. The number of aromatic amines is 2. The number of nitrogens with zero attached hydrogens (tertiary/aromatic N) is 7. The fraction of sp³-hybridized carbons (Fsp3) is 0.192. The smallest absolute Gasteiger partial charge is 0.159 e. The summed E-state index contributed by atoms with van der Waals surface area (Å²) in [6.45, 7) is 1.17. The van der Waals surface area contributed by atoms with Gasteiger partial charge < -0.3 is 14.6 Å². The minimum absolute atomic E-state index is 0.404. The highest BCUT2D eigenvalue weighted by Crippen LogP contribution is 2.33. The number of benzene rings is 1. The Balaban J connectivity index is 1.40. The van der Waals surface area contributed by atoms with Crippen LogP contribution in [0.25, 0.3) is 56.0 Å². The van der Waals surface area contributed by atoms with E-state index in [1.165, 1.54) is 12.1 Å². The number of hydrogen-bond acceptors (Lipinski definition) is 7. The fourth-order valence-electron chi connectivity index (χ4n) is 4.20. The Morgan fingerprint density at radius 1 is 1.03 bits per heavy atom. The van der Waals surface area contributed by atoms with Crippen LogP contribution in [0.5, 0.6) is 5.75 Å². The summed E-state index contributed by atoms with van der Waals surface area (Å²) in [4.78, 5) is 19.2. The van der Waals surface area contributed by atoms with Crippen molar-refractivity contribution in [2.75, 3.05) is 27.2 Å². The highest BCUT2D eigenvalue weighted by molar-refractivity contribution is 5.96. The Morgan fingerprint density at radius 2 is 1.92 bits per heavy atom. The second-order valence-electron chi connectivity index (χ2n) is 9.06. The van der Waals surface area contributed by atoms with Crippen LogP contribution in [-0.2, 0) is 7.05 Å². The maximum Gasteiger partial charge on any atom is 0.159 e. The van der Waals surface area contributed by atoms with E-state index in [1.54, 1.807) is 29.3 Å². The lowest BCUT2D eigenvalue weighted by atomic mass is 10.1. The number of likely N-dealkylation sites (N-methyl/N-ethyl adjacent to an activating group) is 1. The molecule has 1 aromatic carbocycles. The fourth-order valence-corrected chi connectivity index (χ4v) is 4.20. The van der Waals surface area contributed by atoms with Gasteiger partial charge in [-0.05, 0) is 38.4 Å². The van der Waals surface area contributed by atoms with Crippen LogP contribution < -0.4 is 4.74 Å². The van der Waals surface area contributed by atoms with Crippen LogP contribution in [0.15, 0.2) is 55.1 Å². The molecule has 5 aromatic heterocycles. The zero-order valence-electron chi connectivity index (χ0n) is 20.5. The molecule has 2 N–H and O–H groups in total. The summed E-state index contributed by atoms with van der Waals surface area (Å²) in [5.41, 5.74) is 5.63. The van der Waals surface area contributed by atoms with E-state index in [0.717, 1.165) is 28.6 Å². The number of pyridine rings is 2. The van der Waals surface area contributed by atoms with Crippen molar-refractivity contribution >= 4 is 22.1 Å². The molecule has 10 nitrogen and oxygen atoms in total. The van der Waals surface area contributed by atoms with E-state index in [4.69, 9.17) is 9.72 Å². The van der Waals surface area contributed by atoms with Crippen molar-refractivity contribution < 1.29 is 9.13 Å². The van der Waals surface area contributed by atoms with Crippen LogP contribution in [-0.4, -0.2) is 72.1 Å². The third-order valence-electron chi connectivity index (χ3n) is 6.03. The topological polar surface area (TPSA) is 113 Å². The van der Waals surface area contributed by atoms with E-state index in [9.17, 15) is 4.39 Å². The van der Waals surface area contributed by atoms with Gasteiger partial charge in [0.05, 0.1) is 22.8 Å². The van der Waals surface area contributed by atoms with Gasteiger partial charge in [0.15, 0.2) is 11.5 Å². The molecular formula is C26H24FN9O. The summed E-state index contributed by atoms with van der Waals surface area (Å²) >= 11 is 0. The Morgan fingerprint density at radius 3 is 2.73 bits per heavy atom. The number of imidazole rings is 1. The van der Waals surface area contributed by atoms with Gasteiger partial charge in [-0.25, -0.2) is 14.4 Å². The summed E-state index contributed by atoms with van der Waals surface area (Å²) in [6.07, 6.45) is 7.17. The van der Waals surface area contributed by atoms with Gasteiger partial charge in [0.1, 0.15) is 29.4 Å². The molecule has 0 spiro atoms. The number of H-pyrrole nitrogens is 2. The van der Waals surface area contributed by atoms with Crippen LogP contribution in [0.1, 0.15) is 0 Å². The molecule has 0 atom stereocenters. The van der Waals surface area contributed by atoms with Gasteiger partial charge >= 0.3 is 0 Å². The standard InChI is InChI=1S/C26H24FN9O/c1-35(2)6-7-37-19-9-15(8-18(27)11-19)22-24-21(4-5-28-22)31-26(32-24)23-20-10-16(12-29-25(20)34-33-23)17-13-30-36(3)14-17/h4-5,8-14H,6-7H2,1-3H3,(H,31,32)(H,29,33,34). The molecule has 6 aromatic rings. The molecule has 0 bridgehead atoms.